The average Bonchev–Trinajstić information content (AvgIpc) is 2.87. The predicted molar refractivity (Wildman–Crippen MR) is 119 cm³/mol. The van der Waals surface area contributed by atoms with Crippen LogP contribution in [-0.4, -0.2) is 72.9 Å². The molecule has 0 aromatic heterocycles. The first kappa shape index (κ1) is 22.6. The van der Waals surface area contributed by atoms with Crippen molar-refractivity contribution in [3.63, 3.8) is 0 Å². The maximum Gasteiger partial charge on any atom is 0.175 e. The third-order valence-corrected chi connectivity index (χ3v) is 8.99. The molecule has 2 heterocycles. The molecule has 31 heavy (non-hydrogen) atoms. The predicted octanol–water partition coefficient (Wildman–Crippen LogP) is 1.87. The third-order valence-electron chi connectivity index (χ3n) is 6.31. The Hall–Kier alpha value is -1.62. The zero-order valence-corrected chi connectivity index (χ0v) is 19.2. The van der Waals surface area contributed by atoms with Gasteiger partial charge in [0.05, 0.1) is 35.3 Å². The van der Waals surface area contributed by atoms with Crippen LogP contribution in [-0.2, 0) is 27.1 Å². The van der Waals surface area contributed by atoms with Gasteiger partial charge in [-0.1, -0.05) is 18.2 Å². The Bertz CT molecular complexity index is 1090. The van der Waals surface area contributed by atoms with Gasteiger partial charge in [-0.05, 0) is 41.8 Å². The molecule has 2 aliphatic rings. The first-order valence-electron chi connectivity index (χ1n) is 10.5. The van der Waals surface area contributed by atoms with E-state index in [1.807, 2.05) is 24.3 Å². The van der Waals surface area contributed by atoms with Crippen LogP contribution < -0.4 is 0 Å². The summed E-state index contributed by atoms with van der Waals surface area (Å²) >= 11 is 0. The molecule has 0 saturated carbocycles. The van der Waals surface area contributed by atoms with Gasteiger partial charge in [-0.2, -0.15) is 0 Å². The molecular formula is C22H28N2O5S2. The Morgan fingerprint density at radius 3 is 2.55 bits per heavy atom. The average molecular weight is 465 g/mol. The summed E-state index contributed by atoms with van der Waals surface area (Å²) in [6.07, 6.45) is 2.27. The van der Waals surface area contributed by atoms with Crippen LogP contribution in [0.1, 0.15) is 23.6 Å². The first-order valence-corrected chi connectivity index (χ1v) is 13.5. The summed E-state index contributed by atoms with van der Waals surface area (Å²) in [5.74, 6) is 0. The van der Waals surface area contributed by atoms with Gasteiger partial charge in [0.2, 0.25) is 0 Å². The Morgan fingerprint density at radius 2 is 1.87 bits per heavy atom. The summed E-state index contributed by atoms with van der Waals surface area (Å²) in [5, 5.41) is 22.0. The Labute approximate surface area is 185 Å². The van der Waals surface area contributed by atoms with E-state index >= 15 is 0 Å². The molecule has 168 valence electrons. The maximum atomic E-state index is 13.4. The second-order valence-electron chi connectivity index (χ2n) is 8.41. The second-order valence-corrected chi connectivity index (χ2v) is 11.8. The summed E-state index contributed by atoms with van der Waals surface area (Å²) in [5.41, 5.74) is 1.75. The van der Waals surface area contributed by atoms with E-state index in [0.717, 1.165) is 16.0 Å². The molecule has 2 atom stereocenters. The molecule has 4 rings (SSSR count). The van der Waals surface area contributed by atoms with Crippen molar-refractivity contribution in [2.45, 2.75) is 33.6 Å². The number of fused-ring (bicyclic) bond motifs is 2. The normalized spacial score (nSPS) is 23.6. The monoisotopic (exact) mass is 464 g/mol. The van der Waals surface area contributed by atoms with Crippen LogP contribution in [0.15, 0.2) is 57.2 Å². The molecule has 2 aromatic rings. The van der Waals surface area contributed by atoms with Crippen LogP contribution in [0, 0.1) is 5.21 Å². The number of benzene rings is 2. The molecule has 2 aliphatic heterocycles. The van der Waals surface area contributed by atoms with Crippen molar-refractivity contribution in [2.75, 3.05) is 45.6 Å². The fourth-order valence-electron chi connectivity index (χ4n) is 4.54. The number of quaternary nitrogens is 1. The maximum absolute atomic E-state index is 13.4. The van der Waals surface area contributed by atoms with Gasteiger partial charge in [-0.3, -0.25) is 4.90 Å². The van der Waals surface area contributed by atoms with E-state index in [1.54, 1.807) is 12.1 Å². The van der Waals surface area contributed by atoms with Gasteiger partial charge in [-0.25, -0.2) is 12.6 Å². The van der Waals surface area contributed by atoms with Crippen molar-refractivity contribution in [2.24, 2.45) is 0 Å². The van der Waals surface area contributed by atoms with E-state index in [4.69, 9.17) is 5.11 Å². The number of hydrogen-bond acceptors (Lipinski definition) is 6. The molecular weight excluding hydrogens is 436 g/mol. The lowest BCUT2D eigenvalue weighted by Gasteiger charge is -2.50. The number of sulfone groups is 1. The van der Waals surface area contributed by atoms with Crippen LogP contribution in [0.2, 0.25) is 0 Å². The molecule has 1 fully saturated rings. The van der Waals surface area contributed by atoms with Gasteiger partial charge >= 0.3 is 0 Å². The molecule has 0 amide bonds. The number of hydroxylamine groups is 3. The van der Waals surface area contributed by atoms with Crippen molar-refractivity contribution in [3.8, 4) is 0 Å². The second kappa shape index (κ2) is 8.73. The van der Waals surface area contributed by atoms with Crippen molar-refractivity contribution in [1.29, 1.82) is 0 Å². The van der Waals surface area contributed by atoms with E-state index in [2.05, 4.69) is 4.90 Å². The van der Waals surface area contributed by atoms with E-state index < -0.39 is 20.6 Å². The number of hydrogen-bond donors (Lipinski definition) is 1. The quantitative estimate of drug-likeness (QED) is 0.536. The fourth-order valence-corrected chi connectivity index (χ4v) is 6.63. The Balaban J connectivity index is 1.74. The smallest absolute Gasteiger partial charge is 0.175 e. The molecule has 7 nitrogen and oxygen atoms in total. The SMILES string of the molecule is CS(=O)(=O)c1ccc2c(c1)[C@@H](N1CC[N+]([O-])(CCCO)CC1)Cc1ccccc1[S@@]2=O. The minimum Gasteiger partial charge on any atom is -0.633 e. The minimum atomic E-state index is -3.41. The van der Waals surface area contributed by atoms with Crippen molar-refractivity contribution in [3.05, 3.63) is 58.8 Å². The molecule has 0 unspecified atom stereocenters. The lowest BCUT2D eigenvalue weighted by atomic mass is 9.96. The highest BCUT2D eigenvalue weighted by Crippen LogP contribution is 2.39. The summed E-state index contributed by atoms with van der Waals surface area (Å²) in [6, 6.07) is 12.4. The van der Waals surface area contributed by atoms with Crippen molar-refractivity contribution in [1.82, 2.24) is 4.90 Å². The first-order chi connectivity index (χ1) is 14.7. The zero-order valence-electron chi connectivity index (χ0n) is 17.6. The topological polar surface area (TPSA) is 97.7 Å². The fraction of sp³-hybridized carbons (Fsp3) is 0.455. The van der Waals surface area contributed by atoms with Crippen molar-refractivity contribution >= 4 is 20.6 Å². The van der Waals surface area contributed by atoms with Crippen LogP contribution in [0.3, 0.4) is 0 Å². The minimum absolute atomic E-state index is 0.0127. The highest BCUT2D eigenvalue weighted by Gasteiger charge is 2.35. The summed E-state index contributed by atoms with van der Waals surface area (Å²) in [4.78, 5) is 3.83. The summed E-state index contributed by atoms with van der Waals surface area (Å²) in [6.45, 7) is 2.38. The van der Waals surface area contributed by atoms with Crippen LogP contribution in [0.4, 0.5) is 0 Å². The number of aliphatic hydroxyl groups excluding tert-OH is 1. The number of piperazine rings is 1. The van der Waals surface area contributed by atoms with Gasteiger partial charge in [-0.15, -0.1) is 0 Å². The molecule has 0 radical (unpaired) electrons. The summed E-state index contributed by atoms with van der Waals surface area (Å²) in [7, 11) is -4.81. The van der Waals surface area contributed by atoms with Gasteiger partial charge in [0.1, 0.15) is 0 Å². The van der Waals surface area contributed by atoms with Crippen molar-refractivity contribution < 1.29 is 22.4 Å². The molecule has 9 heteroatoms. The van der Waals surface area contributed by atoms with E-state index in [1.165, 1.54) is 12.3 Å². The molecule has 0 aliphatic carbocycles. The van der Waals surface area contributed by atoms with Gasteiger partial charge in [0, 0.05) is 48.2 Å². The molecule has 0 bridgehead atoms. The summed E-state index contributed by atoms with van der Waals surface area (Å²) < 4.78 is 37.5. The van der Waals surface area contributed by atoms with Crippen LogP contribution >= 0.6 is 0 Å². The van der Waals surface area contributed by atoms with E-state index in [-0.39, 0.29) is 22.2 Å². The highest BCUT2D eigenvalue weighted by atomic mass is 32.2. The van der Waals surface area contributed by atoms with Gasteiger partial charge in [0.15, 0.2) is 9.84 Å². The number of aliphatic hydroxyl groups is 1. The standard InChI is InChI=1S/C22H28N2O5S2/c1-31(28,29)18-7-8-22-19(16-18)20(15-17-5-2-3-6-21(17)30(22)27)23-9-12-24(26,13-10-23)11-4-14-25/h2-3,5-8,16,20,25H,4,9-15H2,1H3/t20-,30-/m0/s1. The lowest BCUT2D eigenvalue weighted by molar-refractivity contribution is -0.885. The number of nitrogens with zero attached hydrogens (tertiary/aromatic N) is 2. The molecule has 0 spiro atoms. The third kappa shape index (κ3) is 4.62. The highest BCUT2D eigenvalue weighted by molar-refractivity contribution is 7.90. The van der Waals surface area contributed by atoms with Crippen LogP contribution in [0.5, 0.6) is 0 Å². The molecule has 2 aromatic carbocycles. The van der Waals surface area contributed by atoms with E-state index in [0.29, 0.717) is 50.5 Å². The van der Waals surface area contributed by atoms with Gasteiger partial charge in [0.25, 0.3) is 0 Å². The zero-order chi connectivity index (χ0) is 22.2. The molecule has 1 N–H and O–H groups in total. The molecule has 1 saturated heterocycles. The largest absolute Gasteiger partial charge is 0.633 e. The van der Waals surface area contributed by atoms with E-state index in [9.17, 15) is 17.8 Å². The van der Waals surface area contributed by atoms with Gasteiger partial charge < -0.3 is 15.0 Å². The lowest BCUT2D eigenvalue weighted by Crippen LogP contribution is -2.57. The van der Waals surface area contributed by atoms with Crippen LogP contribution in [0.25, 0.3) is 0 Å². The Morgan fingerprint density at radius 1 is 1.16 bits per heavy atom. The number of rotatable bonds is 5. The Kier molecular flexibility index (Phi) is 6.35.